The highest BCUT2D eigenvalue weighted by atomic mass is 15.3. The lowest BCUT2D eigenvalue weighted by molar-refractivity contribution is 0.0541. The smallest absolute Gasteiger partial charge is 0.0235 e. The van der Waals surface area contributed by atoms with Gasteiger partial charge in [0.05, 0.1) is 0 Å². The minimum absolute atomic E-state index is 0.720. The molecule has 1 unspecified atom stereocenters. The van der Waals surface area contributed by atoms with Gasteiger partial charge in [0.2, 0.25) is 0 Å². The van der Waals surface area contributed by atoms with Gasteiger partial charge < -0.3 is 0 Å². The summed E-state index contributed by atoms with van der Waals surface area (Å²) in [7, 11) is 0. The minimum atomic E-state index is 0.720. The van der Waals surface area contributed by atoms with Gasteiger partial charge in [-0.3, -0.25) is 9.80 Å². The van der Waals surface area contributed by atoms with Gasteiger partial charge in [0.15, 0.2) is 0 Å². The van der Waals surface area contributed by atoms with Gasteiger partial charge in [-0.2, -0.15) is 0 Å². The molecule has 0 amide bonds. The van der Waals surface area contributed by atoms with Crippen LogP contribution < -0.4 is 0 Å². The van der Waals surface area contributed by atoms with E-state index in [9.17, 15) is 0 Å². The molecule has 2 nitrogen and oxygen atoms in total. The van der Waals surface area contributed by atoms with E-state index < -0.39 is 0 Å². The lowest BCUT2D eigenvalue weighted by Gasteiger charge is -2.42. The summed E-state index contributed by atoms with van der Waals surface area (Å²) in [5.41, 5.74) is 1.45. The molecule has 1 aromatic carbocycles. The second-order valence-electron chi connectivity index (χ2n) is 6.22. The van der Waals surface area contributed by atoms with Gasteiger partial charge in [0.1, 0.15) is 0 Å². The molecule has 0 aromatic heterocycles. The second-order valence-corrected chi connectivity index (χ2v) is 6.22. The van der Waals surface area contributed by atoms with E-state index in [4.69, 9.17) is 0 Å². The predicted octanol–water partition coefficient (Wildman–Crippen LogP) is 2.60. The fourth-order valence-corrected chi connectivity index (χ4v) is 3.72. The van der Waals surface area contributed by atoms with Crippen LogP contribution >= 0.6 is 0 Å². The van der Waals surface area contributed by atoms with Crippen LogP contribution in [0.3, 0.4) is 0 Å². The summed E-state index contributed by atoms with van der Waals surface area (Å²) in [6.07, 6.45) is 1.38. The molecule has 2 aliphatic heterocycles. The third kappa shape index (κ3) is 2.45. The van der Waals surface area contributed by atoms with E-state index in [1.165, 1.54) is 31.6 Å². The molecule has 2 heteroatoms. The summed E-state index contributed by atoms with van der Waals surface area (Å²) in [5, 5.41) is 0. The zero-order valence-corrected chi connectivity index (χ0v) is 11.5. The maximum atomic E-state index is 2.73. The molecule has 2 aliphatic rings. The Labute approximate surface area is 111 Å². The summed E-state index contributed by atoms with van der Waals surface area (Å²) in [4.78, 5) is 5.37. The van der Waals surface area contributed by atoms with Crippen molar-refractivity contribution in [3.05, 3.63) is 35.9 Å². The molecule has 3 atom stereocenters. The average Bonchev–Trinajstić information content (AvgIpc) is 2.72. The van der Waals surface area contributed by atoms with E-state index in [1.807, 2.05) is 0 Å². The molecule has 2 heterocycles. The molecule has 0 N–H and O–H groups in total. The van der Waals surface area contributed by atoms with Crippen LogP contribution in [0.1, 0.15) is 25.8 Å². The van der Waals surface area contributed by atoms with E-state index in [-0.39, 0.29) is 0 Å². The largest absolute Gasteiger partial charge is 0.296 e. The Bertz CT molecular complexity index is 389. The Balaban J connectivity index is 1.65. The van der Waals surface area contributed by atoms with E-state index >= 15 is 0 Å². The van der Waals surface area contributed by atoms with Crippen molar-refractivity contribution in [3.63, 3.8) is 0 Å². The van der Waals surface area contributed by atoms with Gasteiger partial charge in [0, 0.05) is 38.3 Å². The highest BCUT2D eigenvalue weighted by molar-refractivity contribution is 5.14. The van der Waals surface area contributed by atoms with Crippen LogP contribution in [0, 0.1) is 5.92 Å². The quantitative estimate of drug-likeness (QED) is 0.789. The zero-order valence-electron chi connectivity index (χ0n) is 11.5. The second kappa shape index (κ2) is 5.02. The van der Waals surface area contributed by atoms with Crippen molar-refractivity contribution in [2.75, 3.05) is 19.6 Å². The van der Waals surface area contributed by atoms with Gasteiger partial charge in [-0.1, -0.05) is 37.3 Å². The van der Waals surface area contributed by atoms with Crippen LogP contribution in [0.5, 0.6) is 0 Å². The fourth-order valence-electron chi connectivity index (χ4n) is 3.72. The number of rotatable bonds is 2. The molecule has 2 saturated heterocycles. The molecule has 0 radical (unpaired) electrons. The zero-order chi connectivity index (χ0) is 12.5. The first-order chi connectivity index (χ1) is 8.72. The molecular formula is C16H24N2. The van der Waals surface area contributed by atoms with Crippen molar-refractivity contribution in [1.29, 1.82) is 0 Å². The third-order valence-electron chi connectivity index (χ3n) is 4.47. The molecule has 1 aromatic rings. The van der Waals surface area contributed by atoms with Crippen molar-refractivity contribution < 1.29 is 0 Å². The van der Waals surface area contributed by atoms with Gasteiger partial charge >= 0.3 is 0 Å². The fraction of sp³-hybridized carbons (Fsp3) is 0.625. The van der Waals surface area contributed by atoms with Crippen LogP contribution in [0.15, 0.2) is 30.3 Å². The Morgan fingerprint density at radius 1 is 1.06 bits per heavy atom. The van der Waals surface area contributed by atoms with Gasteiger partial charge in [-0.15, -0.1) is 0 Å². The first-order valence-corrected chi connectivity index (χ1v) is 7.24. The Morgan fingerprint density at radius 2 is 1.83 bits per heavy atom. The first-order valence-electron chi connectivity index (χ1n) is 7.24. The number of nitrogens with zero attached hydrogens (tertiary/aromatic N) is 2. The number of benzene rings is 1. The van der Waals surface area contributed by atoms with Crippen LogP contribution in [0.2, 0.25) is 0 Å². The Hall–Kier alpha value is -0.860. The van der Waals surface area contributed by atoms with Crippen LogP contribution in [0.25, 0.3) is 0 Å². The predicted molar refractivity (Wildman–Crippen MR) is 75.5 cm³/mol. The summed E-state index contributed by atoms with van der Waals surface area (Å²) in [6, 6.07) is 12.4. The molecule has 0 spiro atoms. The van der Waals surface area contributed by atoms with Gasteiger partial charge in [-0.25, -0.2) is 0 Å². The number of hydrogen-bond donors (Lipinski definition) is 0. The van der Waals surface area contributed by atoms with Crippen molar-refractivity contribution >= 4 is 0 Å². The summed E-state index contributed by atoms with van der Waals surface area (Å²) < 4.78 is 0. The van der Waals surface area contributed by atoms with Crippen molar-refractivity contribution in [2.45, 2.75) is 38.9 Å². The minimum Gasteiger partial charge on any atom is -0.296 e. The third-order valence-corrected chi connectivity index (χ3v) is 4.47. The van der Waals surface area contributed by atoms with Crippen LogP contribution in [0.4, 0.5) is 0 Å². The Kier molecular flexibility index (Phi) is 3.40. The van der Waals surface area contributed by atoms with Crippen molar-refractivity contribution in [2.24, 2.45) is 5.92 Å². The highest BCUT2D eigenvalue weighted by Gasteiger charge is 2.37. The first kappa shape index (κ1) is 12.2. The monoisotopic (exact) mass is 244 g/mol. The molecule has 18 heavy (non-hydrogen) atoms. The molecule has 2 fully saturated rings. The standard InChI is InChI=1S/C16H24N2/c1-13-8-16-12-17(10-14(2)18(16)9-13)11-15-6-4-3-5-7-15/h3-7,13-14,16H,8-12H2,1-2H3/t13?,14-,16+/m1/s1. The Morgan fingerprint density at radius 3 is 2.61 bits per heavy atom. The van der Waals surface area contributed by atoms with Gasteiger partial charge in [-0.05, 0) is 24.8 Å². The number of fused-ring (bicyclic) bond motifs is 1. The maximum absolute atomic E-state index is 2.73. The van der Waals surface area contributed by atoms with Crippen molar-refractivity contribution in [3.8, 4) is 0 Å². The molecule has 0 bridgehead atoms. The summed E-state index contributed by atoms with van der Waals surface area (Å²) in [6.45, 7) is 9.69. The molecule has 3 rings (SSSR count). The van der Waals surface area contributed by atoms with E-state index in [1.54, 1.807) is 0 Å². The molecule has 98 valence electrons. The average molecular weight is 244 g/mol. The van der Waals surface area contributed by atoms with E-state index in [2.05, 4.69) is 54.0 Å². The SMILES string of the molecule is CC1C[C@H]2CN(Cc3ccccc3)C[C@@H](C)N2C1. The maximum Gasteiger partial charge on any atom is 0.0235 e. The summed E-state index contributed by atoms with van der Waals surface area (Å²) in [5.74, 6) is 0.883. The van der Waals surface area contributed by atoms with Crippen molar-refractivity contribution in [1.82, 2.24) is 9.80 Å². The number of piperazine rings is 1. The van der Waals surface area contributed by atoms with E-state index in [0.717, 1.165) is 24.5 Å². The van der Waals surface area contributed by atoms with Crippen LogP contribution in [-0.4, -0.2) is 41.5 Å². The van der Waals surface area contributed by atoms with Gasteiger partial charge in [0.25, 0.3) is 0 Å². The normalized spacial score (nSPS) is 33.6. The highest BCUT2D eigenvalue weighted by Crippen LogP contribution is 2.29. The summed E-state index contributed by atoms with van der Waals surface area (Å²) >= 11 is 0. The topological polar surface area (TPSA) is 6.48 Å². The van der Waals surface area contributed by atoms with E-state index in [0.29, 0.717) is 0 Å². The molecule has 0 saturated carbocycles. The number of hydrogen-bond acceptors (Lipinski definition) is 2. The lowest BCUT2D eigenvalue weighted by atomic mass is 10.0. The molecule has 0 aliphatic carbocycles. The van der Waals surface area contributed by atoms with Crippen LogP contribution in [-0.2, 0) is 6.54 Å². The molecular weight excluding hydrogens is 220 g/mol. The lowest BCUT2D eigenvalue weighted by Crippen LogP contribution is -2.54.